The van der Waals surface area contributed by atoms with E-state index in [4.69, 9.17) is 5.73 Å². The molecule has 0 saturated carbocycles. The lowest BCUT2D eigenvalue weighted by Gasteiger charge is -2.18. The van der Waals surface area contributed by atoms with Gasteiger partial charge in [0.2, 0.25) is 0 Å². The van der Waals surface area contributed by atoms with Crippen molar-refractivity contribution >= 4 is 21.6 Å². The van der Waals surface area contributed by atoms with Crippen LogP contribution >= 0.6 is 11.3 Å². The molecule has 0 aliphatic carbocycles. The molecule has 0 radical (unpaired) electrons. The van der Waals surface area contributed by atoms with Crippen LogP contribution in [0.2, 0.25) is 0 Å². The maximum atomic E-state index is 13.4. The molecular formula is C11H13FN2S. The third kappa shape index (κ3) is 1.75. The quantitative estimate of drug-likeness (QED) is 0.851. The van der Waals surface area contributed by atoms with Gasteiger partial charge in [0.1, 0.15) is 16.3 Å². The topological polar surface area (TPSA) is 38.9 Å². The zero-order valence-electron chi connectivity index (χ0n) is 8.75. The van der Waals surface area contributed by atoms with Crippen molar-refractivity contribution in [2.45, 2.75) is 19.3 Å². The number of fused-ring (bicyclic) bond motifs is 1. The molecule has 1 aromatic heterocycles. The Morgan fingerprint density at radius 2 is 2.20 bits per heavy atom. The highest BCUT2D eigenvalue weighted by Crippen LogP contribution is 2.31. The molecule has 80 valence electrons. The predicted octanol–water partition coefficient (Wildman–Crippen LogP) is 2.67. The summed E-state index contributed by atoms with van der Waals surface area (Å²) in [4.78, 5) is 4.32. The van der Waals surface area contributed by atoms with Crippen LogP contribution < -0.4 is 5.73 Å². The Kier molecular flexibility index (Phi) is 2.48. The van der Waals surface area contributed by atoms with Crippen LogP contribution in [0.1, 0.15) is 18.9 Å². The van der Waals surface area contributed by atoms with Crippen molar-refractivity contribution in [2.75, 3.05) is 6.54 Å². The van der Waals surface area contributed by atoms with E-state index in [9.17, 15) is 4.39 Å². The lowest BCUT2D eigenvalue weighted by molar-refractivity contribution is 0.535. The minimum absolute atomic E-state index is 0.184. The van der Waals surface area contributed by atoms with Gasteiger partial charge in [0.05, 0.1) is 4.70 Å². The van der Waals surface area contributed by atoms with Crippen LogP contribution in [-0.4, -0.2) is 11.5 Å². The molecule has 0 unspecified atom stereocenters. The Balaban J connectivity index is 2.62. The van der Waals surface area contributed by atoms with Crippen molar-refractivity contribution < 1.29 is 4.39 Å². The van der Waals surface area contributed by atoms with Crippen molar-refractivity contribution in [3.05, 3.63) is 29.0 Å². The number of nitrogens with two attached hydrogens (primary N) is 1. The lowest BCUT2D eigenvalue weighted by atomic mass is 9.95. The molecule has 2 aromatic rings. The van der Waals surface area contributed by atoms with E-state index in [0.29, 0.717) is 12.1 Å². The summed E-state index contributed by atoms with van der Waals surface area (Å²) in [5, 5.41) is 0.894. The molecule has 0 spiro atoms. The van der Waals surface area contributed by atoms with E-state index in [1.54, 1.807) is 6.07 Å². The summed E-state index contributed by atoms with van der Waals surface area (Å²) >= 11 is 1.51. The van der Waals surface area contributed by atoms with Gasteiger partial charge in [0, 0.05) is 12.0 Å². The Morgan fingerprint density at radius 1 is 1.47 bits per heavy atom. The number of hydrogen-bond donors (Lipinski definition) is 1. The molecule has 2 N–H and O–H groups in total. The van der Waals surface area contributed by atoms with Gasteiger partial charge in [-0.25, -0.2) is 9.37 Å². The highest BCUT2D eigenvalue weighted by molar-refractivity contribution is 7.18. The van der Waals surface area contributed by atoms with Gasteiger partial charge >= 0.3 is 0 Å². The summed E-state index contributed by atoms with van der Waals surface area (Å²) in [6.45, 7) is 4.54. The molecule has 15 heavy (non-hydrogen) atoms. The van der Waals surface area contributed by atoms with Crippen molar-refractivity contribution in [2.24, 2.45) is 5.73 Å². The first-order valence-electron chi connectivity index (χ1n) is 4.80. The van der Waals surface area contributed by atoms with Gasteiger partial charge < -0.3 is 5.73 Å². The molecule has 0 fully saturated rings. The summed E-state index contributed by atoms with van der Waals surface area (Å²) in [5.74, 6) is -0.261. The first-order valence-corrected chi connectivity index (χ1v) is 5.62. The van der Waals surface area contributed by atoms with Crippen LogP contribution in [0.15, 0.2) is 18.2 Å². The minimum atomic E-state index is -0.261. The predicted molar refractivity (Wildman–Crippen MR) is 61.7 cm³/mol. The van der Waals surface area contributed by atoms with Crippen molar-refractivity contribution in [3.8, 4) is 0 Å². The largest absolute Gasteiger partial charge is 0.330 e. The van der Waals surface area contributed by atoms with Gasteiger partial charge in [-0.3, -0.25) is 0 Å². The fourth-order valence-corrected chi connectivity index (χ4v) is 2.38. The Labute approximate surface area is 91.9 Å². The molecule has 4 heteroatoms. The van der Waals surface area contributed by atoms with Gasteiger partial charge in [0.25, 0.3) is 0 Å². The maximum absolute atomic E-state index is 13.4. The van der Waals surface area contributed by atoms with E-state index < -0.39 is 0 Å². The highest BCUT2D eigenvalue weighted by Gasteiger charge is 2.23. The van der Waals surface area contributed by atoms with Crippen molar-refractivity contribution in [1.29, 1.82) is 0 Å². The second-order valence-electron chi connectivity index (χ2n) is 4.19. The van der Waals surface area contributed by atoms with E-state index in [0.717, 1.165) is 9.71 Å². The Morgan fingerprint density at radius 3 is 2.80 bits per heavy atom. The third-order valence-electron chi connectivity index (χ3n) is 2.46. The van der Waals surface area contributed by atoms with Crippen LogP contribution in [0.3, 0.4) is 0 Å². The van der Waals surface area contributed by atoms with Crippen molar-refractivity contribution in [1.82, 2.24) is 4.98 Å². The zero-order valence-corrected chi connectivity index (χ0v) is 9.57. The molecule has 0 saturated heterocycles. The molecule has 1 aromatic carbocycles. The second-order valence-corrected chi connectivity index (χ2v) is 5.22. The SMILES string of the molecule is CC(C)(CN)c1nc2c(F)cccc2s1. The zero-order chi connectivity index (χ0) is 11.1. The van der Waals surface area contributed by atoms with Crippen LogP contribution in [0.5, 0.6) is 0 Å². The number of halogens is 1. The smallest absolute Gasteiger partial charge is 0.150 e. The van der Waals surface area contributed by atoms with Crippen LogP contribution in [0, 0.1) is 5.82 Å². The van der Waals surface area contributed by atoms with E-state index in [2.05, 4.69) is 4.98 Å². The van der Waals surface area contributed by atoms with Gasteiger partial charge in [-0.1, -0.05) is 19.9 Å². The van der Waals surface area contributed by atoms with Crippen molar-refractivity contribution in [3.63, 3.8) is 0 Å². The number of aromatic nitrogens is 1. The molecule has 0 atom stereocenters. The van der Waals surface area contributed by atoms with Crippen LogP contribution in [-0.2, 0) is 5.41 Å². The minimum Gasteiger partial charge on any atom is -0.330 e. The second kappa shape index (κ2) is 3.54. The molecule has 0 bridgehead atoms. The molecular weight excluding hydrogens is 211 g/mol. The highest BCUT2D eigenvalue weighted by atomic mass is 32.1. The van der Waals surface area contributed by atoms with Gasteiger partial charge in [0.15, 0.2) is 0 Å². The summed E-state index contributed by atoms with van der Waals surface area (Å²) in [6, 6.07) is 5.02. The standard InChI is InChI=1S/C11H13FN2S/c1-11(2,6-13)10-14-9-7(12)4-3-5-8(9)15-10/h3-5H,6,13H2,1-2H3. The van der Waals surface area contributed by atoms with Crippen LogP contribution in [0.4, 0.5) is 4.39 Å². The van der Waals surface area contributed by atoms with Gasteiger partial charge in [-0.05, 0) is 12.1 Å². The Bertz CT molecular complexity index is 490. The third-order valence-corrected chi connectivity index (χ3v) is 3.85. The molecule has 2 rings (SSSR count). The normalized spacial score (nSPS) is 12.3. The van der Waals surface area contributed by atoms with E-state index in [1.165, 1.54) is 17.4 Å². The Hall–Kier alpha value is -1.000. The monoisotopic (exact) mass is 224 g/mol. The summed E-state index contributed by atoms with van der Waals surface area (Å²) in [6.07, 6.45) is 0. The summed E-state index contributed by atoms with van der Waals surface area (Å²) in [5.41, 5.74) is 5.94. The van der Waals surface area contributed by atoms with Gasteiger partial charge in [-0.15, -0.1) is 11.3 Å². The lowest BCUT2D eigenvalue weighted by Crippen LogP contribution is -2.27. The number of rotatable bonds is 2. The molecule has 0 aliphatic heterocycles. The fourth-order valence-electron chi connectivity index (χ4n) is 1.29. The average Bonchev–Trinajstić information content (AvgIpc) is 2.64. The molecule has 0 aliphatic rings. The first-order chi connectivity index (χ1) is 7.04. The van der Waals surface area contributed by atoms with E-state index in [1.807, 2.05) is 19.9 Å². The van der Waals surface area contributed by atoms with Crippen LogP contribution in [0.25, 0.3) is 10.2 Å². The summed E-state index contributed by atoms with van der Waals surface area (Å²) < 4.78 is 14.3. The molecule has 2 nitrogen and oxygen atoms in total. The number of nitrogens with zero attached hydrogens (tertiary/aromatic N) is 1. The summed E-state index contributed by atoms with van der Waals surface area (Å²) in [7, 11) is 0. The first kappa shape index (κ1) is 10.5. The fraction of sp³-hybridized carbons (Fsp3) is 0.364. The van der Waals surface area contributed by atoms with E-state index in [-0.39, 0.29) is 11.2 Å². The maximum Gasteiger partial charge on any atom is 0.150 e. The molecule has 1 heterocycles. The van der Waals surface area contributed by atoms with Gasteiger partial charge in [-0.2, -0.15) is 0 Å². The number of para-hydroxylation sites is 1. The average molecular weight is 224 g/mol. The number of hydrogen-bond acceptors (Lipinski definition) is 3. The number of thiazole rings is 1. The molecule has 0 amide bonds. The van der Waals surface area contributed by atoms with E-state index >= 15 is 0 Å². The number of benzene rings is 1.